The molecule has 1 unspecified atom stereocenters. The quantitative estimate of drug-likeness (QED) is 0.488. The van der Waals surface area contributed by atoms with E-state index in [0.717, 1.165) is 17.0 Å². The van der Waals surface area contributed by atoms with Gasteiger partial charge in [0.05, 0.1) is 28.9 Å². The second kappa shape index (κ2) is 6.33. The Labute approximate surface area is 170 Å². The first-order valence-electron chi connectivity index (χ1n) is 8.56. The summed E-state index contributed by atoms with van der Waals surface area (Å²) >= 11 is 0. The number of nitriles is 1. The Bertz CT molecular complexity index is 1140. The molecule has 31 heavy (non-hydrogen) atoms. The number of hydrogen-bond donors (Lipinski definition) is 0. The van der Waals surface area contributed by atoms with Crippen LogP contribution in [0.25, 0.3) is 0 Å². The van der Waals surface area contributed by atoms with Crippen molar-refractivity contribution in [2.75, 3.05) is 11.4 Å². The summed E-state index contributed by atoms with van der Waals surface area (Å²) in [5.74, 6) is -1.14. The third-order valence-corrected chi connectivity index (χ3v) is 7.13. The van der Waals surface area contributed by atoms with Crippen LogP contribution in [0.4, 0.5) is 36.8 Å². The highest BCUT2D eigenvalue weighted by Gasteiger charge is 2.67. The minimum Gasteiger partial charge on any atom is -0.306 e. The Morgan fingerprint density at radius 3 is 2.29 bits per heavy atom. The van der Waals surface area contributed by atoms with Crippen LogP contribution in [0.1, 0.15) is 17.5 Å². The molecule has 0 radical (unpaired) electrons. The van der Waals surface area contributed by atoms with Crippen molar-refractivity contribution in [1.82, 2.24) is 9.21 Å². The smallest absolute Gasteiger partial charge is 0.306 e. The van der Waals surface area contributed by atoms with Gasteiger partial charge in [0.2, 0.25) is 0 Å². The van der Waals surface area contributed by atoms with E-state index in [1.165, 1.54) is 6.07 Å². The lowest BCUT2D eigenvalue weighted by Crippen LogP contribution is -2.57. The molecule has 1 aromatic carbocycles. The SMILES string of the molecule is N#Cc1ccc(N2C(=O)[C@@H]3C4C[C@H](CN4S(=O)(=O)C(F)(F)F)N3C2=O)cc1C(F)(F)F. The number of halogens is 6. The van der Waals surface area contributed by atoms with Crippen molar-refractivity contribution < 1.29 is 44.3 Å². The fraction of sp³-hybridized carbons (Fsp3) is 0.438. The van der Waals surface area contributed by atoms with Crippen LogP contribution in [0.3, 0.4) is 0 Å². The number of fused-ring (bicyclic) bond motifs is 5. The topological polar surface area (TPSA) is 102 Å². The van der Waals surface area contributed by atoms with Crippen LogP contribution in [-0.2, 0) is 21.0 Å². The number of alkyl halides is 6. The van der Waals surface area contributed by atoms with Crippen molar-refractivity contribution in [3.63, 3.8) is 0 Å². The van der Waals surface area contributed by atoms with Gasteiger partial charge in [-0.05, 0) is 24.6 Å². The third-order valence-electron chi connectivity index (χ3n) is 5.51. The first-order valence-corrected chi connectivity index (χ1v) is 10.00. The Hall–Kier alpha value is -2.86. The van der Waals surface area contributed by atoms with E-state index in [1.807, 2.05) is 0 Å². The fourth-order valence-electron chi connectivity index (χ4n) is 4.27. The Balaban J connectivity index is 1.72. The van der Waals surface area contributed by atoms with E-state index in [2.05, 4.69) is 0 Å². The fourth-order valence-corrected chi connectivity index (χ4v) is 5.46. The zero-order chi connectivity index (χ0) is 23.1. The molecule has 0 spiro atoms. The van der Waals surface area contributed by atoms with E-state index >= 15 is 0 Å². The van der Waals surface area contributed by atoms with Gasteiger partial charge in [-0.25, -0.2) is 18.1 Å². The van der Waals surface area contributed by atoms with E-state index in [4.69, 9.17) is 5.26 Å². The third kappa shape index (κ3) is 2.88. The number of urea groups is 1. The van der Waals surface area contributed by atoms with Gasteiger partial charge in [-0.15, -0.1) is 0 Å². The number of sulfonamides is 1. The lowest BCUT2D eigenvalue weighted by Gasteiger charge is -2.34. The molecule has 3 heterocycles. The molecule has 4 rings (SSSR count). The summed E-state index contributed by atoms with van der Waals surface area (Å²) in [5.41, 5.74) is -8.29. The van der Waals surface area contributed by atoms with Gasteiger partial charge in [-0.3, -0.25) is 4.79 Å². The molecule has 0 aliphatic carbocycles. The van der Waals surface area contributed by atoms with Crippen LogP contribution in [-0.4, -0.2) is 59.7 Å². The number of benzene rings is 1. The van der Waals surface area contributed by atoms with Crippen LogP contribution < -0.4 is 4.90 Å². The number of carbonyl (C=O) groups is 2. The largest absolute Gasteiger partial charge is 0.511 e. The summed E-state index contributed by atoms with van der Waals surface area (Å²) in [7, 11) is -5.76. The summed E-state index contributed by atoms with van der Waals surface area (Å²) in [6, 6.07) is -1.72. The average molecular weight is 468 g/mol. The standard InChI is InChI=1S/C16H10F6N4O4S/c17-15(18,19)10-3-8(2-1-7(10)5-23)26-13(27)12-11-4-9(25(12)14(26)28)6-24(11)31(29,30)16(20,21)22/h1-3,9,11-12H,4,6H2/t9-,11?,12+/m1/s1. The number of amides is 3. The molecular weight excluding hydrogens is 458 g/mol. The van der Waals surface area contributed by atoms with Crippen LogP contribution >= 0.6 is 0 Å². The van der Waals surface area contributed by atoms with Gasteiger partial charge in [0.25, 0.3) is 5.91 Å². The molecule has 3 fully saturated rings. The van der Waals surface area contributed by atoms with Gasteiger partial charge in [0, 0.05) is 12.6 Å². The second-order valence-corrected chi connectivity index (χ2v) is 9.01. The van der Waals surface area contributed by atoms with Crippen LogP contribution in [0.5, 0.6) is 0 Å². The highest BCUT2D eigenvalue weighted by Crippen LogP contribution is 2.46. The normalized spacial score (nSPS) is 26.5. The molecule has 2 bridgehead atoms. The van der Waals surface area contributed by atoms with Gasteiger partial charge >= 0.3 is 27.7 Å². The monoisotopic (exact) mass is 468 g/mol. The zero-order valence-electron chi connectivity index (χ0n) is 15.0. The number of piperazine rings is 1. The highest BCUT2D eigenvalue weighted by atomic mass is 32.2. The maximum atomic E-state index is 13.2. The highest BCUT2D eigenvalue weighted by molar-refractivity contribution is 7.90. The molecule has 0 N–H and O–H groups in total. The molecule has 3 aliphatic rings. The first kappa shape index (κ1) is 21.4. The van der Waals surface area contributed by atoms with Crippen molar-refractivity contribution in [2.45, 2.75) is 36.2 Å². The van der Waals surface area contributed by atoms with Crippen LogP contribution in [0.2, 0.25) is 0 Å². The lowest BCUT2D eigenvalue weighted by atomic mass is 10.1. The molecular formula is C16H10F6N4O4S. The maximum absolute atomic E-state index is 13.2. The Kier molecular flexibility index (Phi) is 4.36. The Morgan fingerprint density at radius 1 is 1.10 bits per heavy atom. The number of imide groups is 1. The van der Waals surface area contributed by atoms with Crippen molar-refractivity contribution in [3.8, 4) is 6.07 Å². The number of carbonyl (C=O) groups excluding carboxylic acids is 2. The second-order valence-electron chi connectivity index (χ2n) is 7.13. The minimum absolute atomic E-state index is 0.118. The van der Waals surface area contributed by atoms with Crippen molar-refractivity contribution in [3.05, 3.63) is 29.3 Å². The first-order chi connectivity index (χ1) is 14.2. The number of nitrogens with zero attached hydrogens (tertiary/aromatic N) is 4. The molecule has 3 amide bonds. The molecule has 166 valence electrons. The maximum Gasteiger partial charge on any atom is 0.511 e. The molecule has 3 saturated heterocycles. The summed E-state index contributed by atoms with van der Waals surface area (Å²) in [6.45, 7) is -0.683. The summed E-state index contributed by atoms with van der Waals surface area (Å²) in [4.78, 5) is 26.9. The van der Waals surface area contributed by atoms with E-state index < -0.39 is 75.1 Å². The van der Waals surface area contributed by atoms with Crippen molar-refractivity contribution in [2.24, 2.45) is 0 Å². The van der Waals surface area contributed by atoms with Gasteiger partial charge in [0.1, 0.15) is 6.04 Å². The number of anilines is 1. The molecule has 1 aromatic rings. The zero-order valence-corrected chi connectivity index (χ0v) is 15.8. The predicted octanol–water partition coefficient (Wildman–Crippen LogP) is 2.02. The van der Waals surface area contributed by atoms with Crippen molar-refractivity contribution >= 4 is 27.6 Å². The number of rotatable bonds is 2. The molecule has 0 saturated carbocycles. The molecule has 15 heteroatoms. The molecule has 0 aromatic heterocycles. The minimum atomic E-state index is -5.76. The van der Waals surface area contributed by atoms with Crippen LogP contribution in [0.15, 0.2) is 18.2 Å². The van der Waals surface area contributed by atoms with Crippen molar-refractivity contribution in [1.29, 1.82) is 5.26 Å². The van der Waals surface area contributed by atoms with Gasteiger partial charge in [-0.2, -0.15) is 35.9 Å². The van der Waals surface area contributed by atoms with E-state index in [0.29, 0.717) is 11.0 Å². The molecule has 3 aliphatic heterocycles. The van der Waals surface area contributed by atoms with Crippen LogP contribution in [0, 0.1) is 11.3 Å². The van der Waals surface area contributed by atoms with Gasteiger partial charge < -0.3 is 4.90 Å². The molecule has 3 atom stereocenters. The average Bonchev–Trinajstić information content (AvgIpc) is 3.31. The summed E-state index contributed by atoms with van der Waals surface area (Å²) in [6.07, 6.45) is -5.17. The summed E-state index contributed by atoms with van der Waals surface area (Å²) in [5, 5.41) is 8.86. The molecule has 8 nitrogen and oxygen atoms in total. The predicted molar refractivity (Wildman–Crippen MR) is 88.5 cm³/mol. The van der Waals surface area contributed by atoms with E-state index in [1.54, 1.807) is 0 Å². The lowest BCUT2D eigenvalue weighted by molar-refractivity contribution is -0.137. The van der Waals surface area contributed by atoms with Gasteiger partial charge in [-0.1, -0.05) is 0 Å². The number of hydrogen-bond acceptors (Lipinski definition) is 5. The Morgan fingerprint density at radius 2 is 1.74 bits per heavy atom. The summed E-state index contributed by atoms with van der Waals surface area (Å²) < 4.78 is 102. The van der Waals surface area contributed by atoms with Gasteiger partial charge in [0.15, 0.2) is 0 Å². The van der Waals surface area contributed by atoms with E-state index in [-0.39, 0.29) is 10.7 Å². The van der Waals surface area contributed by atoms with E-state index in [9.17, 15) is 44.3 Å².